The zero-order valence-corrected chi connectivity index (χ0v) is 14.1. The minimum atomic E-state index is 0.0283. The first-order valence-corrected chi connectivity index (χ1v) is 8.53. The van der Waals surface area contributed by atoms with Gasteiger partial charge in [0, 0.05) is 30.9 Å². The maximum Gasteiger partial charge on any atom is 0.246 e. The molecule has 3 rings (SSSR count). The van der Waals surface area contributed by atoms with Crippen LogP contribution in [-0.2, 0) is 4.79 Å². The topological polar surface area (TPSA) is 56.1 Å². The molecule has 1 heterocycles. The quantitative estimate of drug-likeness (QED) is 0.870. The van der Waals surface area contributed by atoms with E-state index in [1.807, 2.05) is 35.2 Å². The number of carbonyl (C=O) groups is 1. The average molecular weight is 331 g/mol. The van der Waals surface area contributed by atoms with Gasteiger partial charge in [0.2, 0.25) is 5.91 Å². The van der Waals surface area contributed by atoms with Gasteiger partial charge in [-0.1, -0.05) is 30.3 Å². The van der Waals surface area contributed by atoms with E-state index in [2.05, 4.69) is 23.5 Å². The van der Waals surface area contributed by atoms with E-state index < -0.39 is 0 Å². The van der Waals surface area contributed by atoms with Crippen LogP contribution in [0, 0.1) is 11.3 Å². The van der Waals surface area contributed by atoms with E-state index in [0.29, 0.717) is 11.6 Å². The highest BCUT2D eigenvalue weighted by Gasteiger charge is 2.21. The third-order valence-corrected chi connectivity index (χ3v) is 4.39. The molecule has 0 radical (unpaired) electrons. The monoisotopic (exact) mass is 331 g/mol. The summed E-state index contributed by atoms with van der Waals surface area (Å²) in [6.07, 6.45) is 5.26. The number of nitriles is 1. The van der Waals surface area contributed by atoms with Crippen LogP contribution < -0.4 is 5.32 Å². The van der Waals surface area contributed by atoms with Crippen molar-refractivity contribution in [3.8, 4) is 6.07 Å². The number of nitrogens with one attached hydrogen (secondary N) is 1. The van der Waals surface area contributed by atoms with Gasteiger partial charge >= 0.3 is 0 Å². The lowest BCUT2D eigenvalue weighted by atomic mass is 10.0. The fraction of sp³-hybridized carbons (Fsp3) is 0.238. The standard InChI is InChI=1S/C21H21N3O/c22-16-18-6-4-5-17(15-18)9-10-21(25)24-13-11-20(12-14-24)23-19-7-2-1-3-8-19/h1-10,15,20,23H,11-14H2/b10-9+. The molecule has 0 atom stereocenters. The number of para-hydroxylation sites is 1. The van der Waals surface area contributed by atoms with Crippen molar-refractivity contribution in [2.75, 3.05) is 18.4 Å². The molecule has 0 unspecified atom stereocenters. The van der Waals surface area contributed by atoms with Crippen LogP contribution in [0.1, 0.15) is 24.0 Å². The highest BCUT2D eigenvalue weighted by atomic mass is 16.2. The van der Waals surface area contributed by atoms with Crippen LogP contribution in [0.5, 0.6) is 0 Å². The minimum Gasteiger partial charge on any atom is -0.382 e. The zero-order chi connectivity index (χ0) is 17.5. The third-order valence-electron chi connectivity index (χ3n) is 4.39. The molecule has 4 heteroatoms. The van der Waals surface area contributed by atoms with Crippen LogP contribution in [0.3, 0.4) is 0 Å². The minimum absolute atomic E-state index is 0.0283. The Kier molecular flexibility index (Phi) is 5.48. The number of anilines is 1. The van der Waals surface area contributed by atoms with Crippen molar-refractivity contribution < 1.29 is 4.79 Å². The van der Waals surface area contributed by atoms with Gasteiger partial charge in [-0.15, -0.1) is 0 Å². The summed E-state index contributed by atoms with van der Waals surface area (Å²) in [4.78, 5) is 14.2. The van der Waals surface area contributed by atoms with Crippen LogP contribution in [0.4, 0.5) is 5.69 Å². The molecule has 1 amide bonds. The van der Waals surface area contributed by atoms with Crippen LogP contribution in [0.2, 0.25) is 0 Å². The Morgan fingerprint density at radius 2 is 1.88 bits per heavy atom. The van der Waals surface area contributed by atoms with Gasteiger partial charge in [0.25, 0.3) is 0 Å². The molecule has 1 aliphatic heterocycles. The van der Waals surface area contributed by atoms with E-state index >= 15 is 0 Å². The van der Waals surface area contributed by atoms with Gasteiger partial charge < -0.3 is 10.2 Å². The molecule has 2 aromatic carbocycles. The number of piperidine rings is 1. The number of benzene rings is 2. The summed E-state index contributed by atoms with van der Waals surface area (Å²) >= 11 is 0. The van der Waals surface area contributed by atoms with Crippen molar-refractivity contribution in [1.29, 1.82) is 5.26 Å². The average Bonchev–Trinajstić information content (AvgIpc) is 2.67. The summed E-state index contributed by atoms with van der Waals surface area (Å²) in [7, 11) is 0. The van der Waals surface area contributed by atoms with Crippen molar-refractivity contribution in [2.24, 2.45) is 0 Å². The lowest BCUT2D eigenvalue weighted by molar-refractivity contribution is -0.126. The molecule has 4 nitrogen and oxygen atoms in total. The first kappa shape index (κ1) is 16.8. The molecule has 1 saturated heterocycles. The maximum atomic E-state index is 12.3. The molecule has 0 aromatic heterocycles. The molecular formula is C21H21N3O. The van der Waals surface area contributed by atoms with E-state index in [4.69, 9.17) is 5.26 Å². The number of amides is 1. The second-order valence-electron chi connectivity index (χ2n) is 6.18. The summed E-state index contributed by atoms with van der Waals surface area (Å²) in [5, 5.41) is 12.4. The Morgan fingerprint density at radius 3 is 2.60 bits per heavy atom. The summed E-state index contributed by atoms with van der Waals surface area (Å²) in [6.45, 7) is 1.51. The molecule has 1 N–H and O–H groups in total. The van der Waals surface area contributed by atoms with Crippen molar-refractivity contribution in [1.82, 2.24) is 4.90 Å². The summed E-state index contributed by atoms with van der Waals surface area (Å²) in [5.74, 6) is 0.0283. The Labute approximate surface area is 148 Å². The van der Waals surface area contributed by atoms with Crippen LogP contribution in [0.25, 0.3) is 6.08 Å². The molecule has 0 spiro atoms. The third kappa shape index (κ3) is 4.71. The highest BCUT2D eigenvalue weighted by Crippen LogP contribution is 2.17. The maximum absolute atomic E-state index is 12.3. The second kappa shape index (κ2) is 8.16. The van der Waals surface area contributed by atoms with Gasteiger partial charge in [-0.05, 0) is 48.7 Å². The predicted octanol–water partition coefficient (Wildman–Crippen LogP) is 3.67. The lowest BCUT2D eigenvalue weighted by Gasteiger charge is -2.32. The normalized spacial score (nSPS) is 15.1. The predicted molar refractivity (Wildman–Crippen MR) is 99.9 cm³/mol. The van der Waals surface area contributed by atoms with Crippen molar-refractivity contribution >= 4 is 17.7 Å². The fourth-order valence-corrected chi connectivity index (χ4v) is 3.00. The van der Waals surface area contributed by atoms with Crippen LogP contribution >= 0.6 is 0 Å². The smallest absolute Gasteiger partial charge is 0.246 e. The molecule has 2 aromatic rings. The van der Waals surface area contributed by atoms with Crippen molar-refractivity contribution in [3.05, 3.63) is 71.8 Å². The van der Waals surface area contributed by atoms with E-state index in [1.165, 1.54) is 0 Å². The number of carbonyl (C=O) groups excluding carboxylic acids is 1. The zero-order valence-electron chi connectivity index (χ0n) is 14.1. The Bertz CT molecular complexity index is 784. The van der Waals surface area contributed by atoms with Crippen LogP contribution in [0.15, 0.2) is 60.7 Å². The van der Waals surface area contributed by atoms with Crippen LogP contribution in [-0.4, -0.2) is 29.9 Å². The molecule has 0 aliphatic carbocycles. The van der Waals surface area contributed by atoms with E-state index in [1.54, 1.807) is 24.3 Å². The van der Waals surface area contributed by atoms with Gasteiger partial charge in [-0.3, -0.25) is 4.79 Å². The molecule has 25 heavy (non-hydrogen) atoms. The van der Waals surface area contributed by atoms with E-state index in [9.17, 15) is 4.79 Å². The van der Waals surface area contributed by atoms with Gasteiger partial charge in [0.1, 0.15) is 0 Å². The highest BCUT2D eigenvalue weighted by molar-refractivity contribution is 5.91. The molecule has 1 aliphatic rings. The number of rotatable bonds is 4. The van der Waals surface area contributed by atoms with E-state index in [0.717, 1.165) is 37.2 Å². The summed E-state index contributed by atoms with van der Waals surface area (Å²) in [5.41, 5.74) is 2.60. The number of hydrogen-bond donors (Lipinski definition) is 1. The first-order valence-electron chi connectivity index (χ1n) is 8.53. The SMILES string of the molecule is N#Cc1cccc(/C=C/C(=O)N2CCC(Nc3ccccc3)CC2)c1. The second-order valence-corrected chi connectivity index (χ2v) is 6.18. The number of nitrogens with zero attached hydrogens (tertiary/aromatic N) is 2. The lowest BCUT2D eigenvalue weighted by Crippen LogP contribution is -2.41. The van der Waals surface area contributed by atoms with Gasteiger partial charge in [-0.25, -0.2) is 0 Å². The number of likely N-dealkylation sites (tertiary alicyclic amines) is 1. The molecular weight excluding hydrogens is 310 g/mol. The Hall–Kier alpha value is -3.06. The Balaban J connectivity index is 1.51. The van der Waals surface area contributed by atoms with Gasteiger partial charge in [-0.2, -0.15) is 5.26 Å². The first-order chi connectivity index (χ1) is 12.2. The molecule has 126 valence electrons. The molecule has 1 fully saturated rings. The molecule has 0 bridgehead atoms. The van der Waals surface area contributed by atoms with E-state index in [-0.39, 0.29) is 5.91 Å². The largest absolute Gasteiger partial charge is 0.382 e. The summed E-state index contributed by atoms with van der Waals surface area (Å²) in [6, 6.07) is 19.9. The fourth-order valence-electron chi connectivity index (χ4n) is 3.00. The summed E-state index contributed by atoms with van der Waals surface area (Å²) < 4.78 is 0. The van der Waals surface area contributed by atoms with Crippen molar-refractivity contribution in [2.45, 2.75) is 18.9 Å². The molecule has 0 saturated carbocycles. The van der Waals surface area contributed by atoms with Crippen molar-refractivity contribution in [3.63, 3.8) is 0 Å². The number of hydrogen-bond acceptors (Lipinski definition) is 3. The van der Waals surface area contributed by atoms with Gasteiger partial charge in [0.05, 0.1) is 11.6 Å². The Morgan fingerprint density at radius 1 is 1.12 bits per heavy atom. The van der Waals surface area contributed by atoms with Gasteiger partial charge in [0.15, 0.2) is 0 Å².